The van der Waals surface area contributed by atoms with Gasteiger partial charge in [0.15, 0.2) is 0 Å². The Labute approximate surface area is 130 Å². The molecule has 2 aromatic rings. The number of hydrogen-bond donors (Lipinski definition) is 2. The fourth-order valence-electron chi connectivity index (χ4n) is 3.79. The third-order valence-electron chi connectivity index (χ3n) is 5.14. The molecule has 22 heavy (non-hydrogen) atoms. The molecule has 1 spiro atoms. The van der Waals surface area contributed by atoms with Crippen LogP contribution in [0, 0.1) is 0 Å². The van der Waals surface area contributed by atoms with E-state index in [9.17, 15) is 4.79 Å². The Morgan fingerprint density at radius 3 is 2.68 bits per heavy atom. The normalized spacial score (nSPS) is 25.6. The Hall–Kier alpha value is -2.13. The van der Waals surface area contributed by atoms with Gasteiger partial charge in [-0.05, 0) is 61.1 Å². The maximum Gasteiger partial charge on any atom is 0.255 e. The molecule has 1 saturated carbocycles. The van der Waals surface area contributed by atoms with Crippen LogP contribution < -0.4 is 11.1 Å². The van der Waals surface area contributed by atoms with Crippen LogP contribution in [0.3, 0.4) is 0 Å². The largest absolute Gasteiger partial charge is 0.327 e. The standard InChI is InChI=1S/C19H20N2O/c20-17-12-19(17)10-4-7-13-8-9-15(11-16(13)19)21-18(22)14-5-2-1-3-6-14/h1-3,5-6,8-9,11,17H,4,7,10,12,20H2,(H,21,22). The van der Waals surface area contributed by atoms with Crippen molar-refractivity contribution in [3.63, 3.8) is 0 Å². The van der Waals surface area contributed by atoms with E-state index in [2.05, 4.69) is 17.4 Å². The summed E-state index contributed by atoms with van der Waals surface area (Å²) >= 11 is 0. The summed E-state index contributed by atoms with van der Waals surface area (Å²) in [6.07, 6.45) is 4.60. The Kier molecular flexibility index (Phi) is 3.05. The molecule has 2 aromatic carbocycles. The van der Waals surface area contributed by atoms with Gasteiger partial charge in [-0.15, -0.1) is 0 Å². The molecule has 112 valence electrons. The van der Waals surface area contributed by atoms with Crippen molar-refractivity contribution in [2.24, 2.45) is 5.73 Å². The van der Waals surface area contributed by atoms with E-state index in [-0.39, 0.29) is 17.4 Å². The number of anilines is 1. The van der Waals surface area contributed by atoms with Gasteiger partial charge in [-0.25, -0.2) is 0 Å². The first-order chi connectivity index (χ1) is 10.7. The van der Waals surface area contributed by atoms with Crippen molar-refractivity contribution in [3.05, 3.63) is 65.2 Å². The van der Waals surface area contributed by atoms with Crippen molar-refractivity contribution in [2.45, 2.75) is 37.1 Å². The second-order valence-electron chi connectivity index (χ2n) is 6.51. The van der Waals surface area contributed by atoms with Crippen molar-refractivity contribution >= 4 is 11.6 Å². The first kappa shape index (κ1) is 13.5. The lowest BCUT2D eigenvalue weighted by molar-refractivity contribution is 0.102. The molecule has 2 unspecified atom stereocenters. The van der Waals surface area contributed by atoms with E-state index in [1.54, 1.807) is 0 Å². The van der Waals surface area contributed by atoms with Gasteiger partial charge in [0.1, 0.15) is 0 Å². The summed E-state index contributed by atoms with van der Waals surface area (Å²) < 4.78 is 0. The average Bonchev–Trinajstić information content (AvgIpc) is 3.19. The summed E-state index contributed by atoms with van der Waals surface area (Å²) in [5, 5.41) is 3.01. The Morgan fingerprint density at radius 1 is 1.18 bits per heavy atom. The molecule has 0 heterocycles. The molecule has 2 atom stereocenters. The zero-order valence-electron chi connectivity index (χ0n) is 12.5. The SMILES string of the molecule is NC1CC12CCCc1ccc(NC(=O)c3ccccc3)cc12. The highest BCUT2D eigenvalue weighted by Crippen LogP contribution is 2.54. The number of aryl methyl sites for hydroxylation is 1. The molecule has 2 aliphatic carbocycles. The summed E-state index contributed by atoms with van der Waals surface area (Å²) in [7, 11) is 0. The van der Waals surface area contributed by atoms with Crippen molar-refractivity contribution in [1.29, 1.82) is 0 Å². The van der Waals surface area contributed by atoms with Gasteiger partial charge in [0.2, 0.25) is 0 Å². The zero-order chi connectivity index (χ0) is 15.2. The molecular weight excluding hydrogens is 272 g/mol. The summed E-state index contributed by atoms with van der Waals surface area (Å²) in [5.74, 6) is -0.0643. The van der Waals surface area contributed by atoms with Crippen LogP contribution in [0.2, 0.25) is 0 Å². The monoisotopic (exact) mass is 292 g/mol. The predicted octanol–water partition coefficient (Wildman–Crippen LogP) is 3.24. The quantitative estimate of drug-likeness (QED) is 0.892. The second-order valence-corrected chi connectivity index (χ2v) is 6.51. The van der Waals surface area contributed by atoms with Gasteiger partial charge in [-0.3, -0.25) is 4.79 Å². The topological polar surface area (TPSA) is 55.1 Å². The fraction of sp³-hybridized carbons (Fsp3) is 0.316. The molecule has 0 saturated heterocycles. The molecule has 0 aromatic heterocycles. The third kappa shape index (κ3) is 2.13. The maximum absolute atomic E-state index is 12.3. The lowest BCUT2D eigenvalue weighted by atomic mass is 9.79. The number of rotatable bonds is 2. The van der Waals surface area contributed by atoms with Crippen LogP contribution in [0.1, 0.15) is 40.7 Å². The summed E-state index contributed by atoms with van der Waals surface area (Å²) in [6.45, 7) is 0. The van der Waals surface area contributed by atoms with Gasteiger partial charge in [-0.2, -0.15) is 0 Å². The van der Waals surface area contributed by atoms with Crippen LogP contribution in [0.25, 0.3) is 0 Å². The summed E-state index contributed by atoms with van der Waals surface area (Å²) in [4.78, 5) is 12.3. The number of amides is 1. The summed E-state index contributed by atoms with van der Waals surface area (Å²) in [6, 6.07) is 15.9. The van der Waals surface area contributed by atoms with Crippen LogP contribution in [0.4, 0.5) is 5.69 Å². The van der Waals surface area contributed by atoms with Crippen molar-refractivity contribution in [1.82, 2.24) is 0 Å². The minimum absolute atomic E-state index is 0.0643. The molecule has 4 rings (SSSR count). The smallest absolute Gasteiger partial charge is 0.255 e. The minimum Gasteiger partial charge on any atom is -0.327 e. The average molecular weight is 292 g/mol. The molecule has 0 bridgehead atoms. The van der Waals surface area contributed by atoms with E-state index < -0.39 is 0 Å². The number of nitrogens with one attached hydrogen (secondary N) is 1. The number of carbonyl (C=O) groups is 1. The lowest BCUT2D eigenvalue weighted by Crippen LogP contribution is -2.24. The van der Waals surface area contributed by atoms with Crippen molar-refractivity contribution < 1.29 is 4.79 Å². The first-order valence-corrected chi connectivity index (χ1v) is 7.94. The Morgan fingerprint density at radius 2 is 1.95 bits per heavy atom. The molecular formula is C19H20N2O. The number of hydrogen-bond acceptors (Lipinski definition) is 2. The highest BCUT2D eigenvalue weighted by Gasteiger charge is 2.54. The van der Waals surface area contributed by atoms with Crippen LogP contribution in [0.15, 0.2) is 48.5 Å². The number of carbonyl (C=O) groups excluding carboxylic acids is 1. The molecule has 3 N–H and O–H groups in total. The predicted molar refractivity (Wildman–Crippen MR) is 88.0 cm³/mol. The molecule has 2 aliphatic rings. The zero-order valence-corrected chi connectivity index (χ0v) is 12.5. The van der Waals surface area contributed by atoms with E-state index in [1.807, 2.05) is 36.4 Å². The fourth-order valence-corrected chi connectivity index (χ4v) is 3.79. The van der Waals surface area contributed by atoms with Crippen molar-refractivity contribution in [2.75, 3.05) is 5.32 Å². The van der Waals surface area contributed by atoms with Gasteiger partial charge >= 0.3 is 0 Å². The highest BCUT2D eigenvalue weighted by molar-refractivity contribution is 6.04. The van der Waals surface area contributed by atoms with Gasteiger partial charge in [-0.1, -0.05) is 24.3 Å². The summed E-state index contributed by atoms with van der Waals surface area (Å²) in [5.41, 5.74) is 10.7. The molecule has 3 heteroatoms. The molecule has 3 nitrogen and oxygen atoms in total. The van der Waals surface area contributed by atoms with E-state index in [4.69, 9.17) is 5.73 Å². The maximum atomic E-state index is 12.3. The molecule has 0 radical (unpaired) electrons. The van der Waals surface area contributed by atoms with Gasteiger partial charge in [0.05, 0.1) is 0 Å². The Balaban J connectivity index is 1.62. The second kappa shape index (κ2) is 4.96. The van der Waals surface area contributed by atoms with E-state index in [0.29, 0.717) is 5.56 Å². The molecule has 0 aliphatic heterocycles. The number of fused-ring (bicyclic) bond motifs is 2. The minimum atomic E-state index is -0.0643. The van der Waals surface area contributed by atoms with Crippen LogP contribution in [0.5, 0.6) is 0 Å². The Bertz CT molecular complexity index is 725. The van der Waals surface area contributed by atoms with Crippen LogP contribution in [-0.4, -0.2) is 11.9 Å². The van der Waals surface area contributed by atoms with Gasteiger partial charge < -0.3 is 11.1 Å². The number of nitrogens with two attached hydrogens (primary N) is 1. The first-order valence-electron chi connectivity index (χ1n) is 7.94. The van der Waals surface area contributed by atoms with Gasteiger partial charge in [0, 0.05) is 22.7 Å². The third-order valence-corrected chi connectivity index (χ3v) is 5.14. The van der Waals surface area contributed by atoms with E-state index in [1.165, 1.54) is 24.0 Å². The van der Waals surface area contributed by atoms with E-state index >= 15 is 0 Å². The molecule has 1 amide bonds. The van der Waals surface area contributed by atoms with E-state index in [0.717, 1.165) is 18.5 Å². The lowest BCUT2D eigenvalue weighted by Gasteiger charge is -2.26. The number of benzene rings is 2. The van der Waals surface area contributed by atoms with Crippen LogP contribution >= 0.6 is 0 Å². The van der Waals surface area contributed by atoms with Crippen molar-refractivity contribution in [3.8, 4) is 0 Å². The van der Waals surface area contributed by atoms with Gasteiger partial charge in [0.25, 0.3) is 5.91 Å². The molecule has 1 fully saturated rings. The van der Waals surface area contributed by atoms with Crippen LogP contribution in [-0.2, 0) is 11.8 Å². The highest BCUT2D eigenvalue weighted by atomic mass is 16.1.